The number of H-pyrrole nitrogens is 1. The molecule has 0 radical (unpaired) electrons. The first-order valence-electron chi connectivity index (χ1n) is 13.7. The van der Waals surface area contributed by atoms with E-state index in [0.717, 1.165) is 73.7 Å². The van der Waals surface area contributed by atoms with Crippen molar-refractivity contribution in [3.05, 3.63) is 86.4 Å². The normalized spacial score (nSPS) is 18.4. The Hall–Kier alpha value is -3.07. The number of halogens is 1. The molecule has 1 N–H and O–H groups in total. The van der Waals surface area contributed by atoms with Crippen LogP contribution in [0.15, 0.2) is 53.3 Å². The summed E-state index contributed by atoms with van der Waals surface area (Å²) >= 11 is 6.07. The number of piperazine rings is 1. The molecule has 0 amide bonds. The number of aromatic amines is 1. The molecule has 2 fully saturated rings. The van der Waals surface area contributed by atoms with Crippen LogP contribution in [0.3, 0.4) is 0 Å². The van der Waals surface area contributed by atoms with Gasteiger partial charge in [-0.05, 0) is 76.5 Å². The van der Waals surface area contributed by atoms with Crippen LogP contribution >= 0.6 is 11.6 Å². The van der Waals surface area contributed by atoms with Crippen molar-refractivity contribution in [3.63, 3.8) is 0 Å². The number of hydrogen-bond donors (Lipinski definition) is 1. The van der Waals surface area contributed by atoms with Gasteiger partial charge in [0.15, 0.2) is 5.82 Å². The highest BCUT2D eigenvalue weighted by Crippen LogP contribution is 2.34. The van der Waals surface area contributed by atoms with Gasteiger partial charge in [-0.25, -0.2) is 4.68 Å². The lowest BCUT2D eigenvalue weighted by Gasteiger charge is -2.39. The van der Waals surface area contributed by atoms with Crippen LogP contribution in [0.4, 0.5) is 0 Å². The number of nitrogens with one attached hydrogen (secondary N) is 1. The molecule has 0 bridgehead atoms. The highest BCUT2D eigenvalue weighted by atomic mass is 35.5. The topological polar surface area (TPSA) is 82.9 Å². The molecule has 9 heteroatoms. The van der Waals surface area contributed by atoms with Gasteiger partial charge in [-0.3, -0.25) is 14.6 Å². The van der Waals surface area contributed by atoms with E-state index in [9.17, 15) is 4.79 Å². The van der Waals surface area contributed by atoms with E-state index in [4.69, 9.17) is 11.6 Å². The molecule has 1 aliphatic heterocycles. The van der Waals surface area contributed by atoms with E-state index in [1.54, 1.807) is 0 Å². The average molecular weight is 532 g/mol. The summed E-state index contributed by atoms with van der Waals surface area (Å²) in [5.41, 5.74) is 4.00. The standard InChI is InChI=1S/C29H34ClN7O/c1-2-20-9-12-26-22(17-20)18-25(29(38)31-26)27(28-32-33-34-37(28)24-5-3-4-6-24)36-15-13-35(14-16-36)19-21-7-10-23(30)11-8-21/h7-12,17-18,24,27H,2-6,13-16,19H2,1H3,(H,31,38)/t27-/m0/s1. The highest BCUT2D eigenvalue weighted by molar-refractivity contribution is 6.30. The molecule has 38 heavy (non-hydrogen) atoms. The van der Waals surface area contributed by atoms with E-state index in [2.05, 4.69) is 67.6 Å². The molecule has 2 aromatic heterocycles. The lowest BCUT2D eigenvalue weighted by molar-refractivity contribution is 0.0989. The average Bonchev–Trinajstić information content (AvgIpc) is 3.64. The third-order valence-corrected chi connectivity index (χ3v) is 8.42. The van der Waals surface area contributed by atoms with Crippen LogP contribution in [0.2, 0.25) is 5.02 Å². The van der Waals surface area contributed by atoms with E-state index in [1.807, 2.05) is 22.9 Å². The van der Waals surface area contributed by atoms with Crippen molar-refractivity contribution in [2.24, 2.45) is 0 Å². The van der Waals surface area contributed by atoms with Crippen molar-refractivity contribution in [2.75, 3.05) is 26.2 Å². The van der Waals surface area contributed by atoms with Gasteiger partial charge in [-0.1, -0.05) is 49.6 Å². The number of aryl methyl sites for hydroxylation is 1. The van der Waals surface area contributed by atoms with Crippen molar-refractivity contribution < 1.29 is 0 Å². The number of fused-ring (bicyclic) bond motifs is 1. The smallest absolute Gasteiger partial charge is 0.253 e. The molecule has 1 saturated carbocycles. The Kier molecular flexibility index (Phi) is 7.28. The molecule has 1 saturated heterocycles. The highest BCUT2D eigenvalue weighted by Gasteiger charge is 2.34. The fourth-order valence-electron chi connectivity index (χ4n) is 6.01. The summed E-state index contributed by atoms with van der Waals surface area (Å²) in [6.45, 7) is 6.47. The number of nitrogens with zero attached hydrogens (tertiary/aromatic N) is 6. The Balaban J connectivity index is 1.34. The van der Waals surface area contributed by atoms with Gasteiger partial charge in [0.05, 0.1) is 6.04 Å². The first kappa shape index (κ1) is 25.2. The summed E-state index contributed by atoms with van der Waals surface area (Å²) in [6.07, 6.45) is 5.48. The van der Waals surface area contributed by atoms with Gasteiger partial charge in [0.1, 0.15) is 6.04 Å². The van der Waals surface area contributed by atoms with Gasteiger partial charge in [0.25, 0.3) is 5.56 Å². The van der Waals surface area contributed by atoms with Crippen LogP contribution in [0.5, 0.6) is 0 Å². The van der Waals surface area contributed by atoms with Crippen molar-refractivity contribution in [1.82, 2.24) is 35.0 Å². The zero-order chi connectivity index (χ0) is 26.1. The van der Waals surface area contributed by atoms with Gasteiger partial charge in [0, 0.05) is 48.8 Å². The Labute approximate surface area is 227 Å². The van der Waals surface area contributed by atoms with E-state index in [0.29, 0.717) is 11.6 Å². The fourth-order valence-corrected chi connectivity index (χ4v) is 6.14. The third kappa shape index (κ3) is 5.13. The summed E-state index contributed by atoms with van der Waals surface area (Å²) in [6, 6.07) is 16.4. The first-order valence-corrected chi connectivity index (χ1v) is 14.1. The maximum absolute atomic E-state index is 13.6. The van der Waals surface area contributed by atoms with Gasteiger partial charge in [-0.2, -0.15) is 0 Å². The van der Waals surface area contributed by atoms with E-state index < -0.39 is 0 Å². The van der Waals surface area contributed by atoms with E-state index >= 15 is 0 Å². The van der Waals surface area contributed by atoms with Crippen LogP contribution in [0.25, 0.3) is 10.9 Å². The Morgan fingerprint density at radius 3 is 2.47 bits per heavy atom. The maximum atomic E-state index is 13.6. The van der Waals surface area contributed by atoms with Crippen molar-refractivity contribution in [2.45, 2.75) is 57.7 Å². The van der Waals surface area contributed by atoms with E-state index in [-0.39, 0.29) is 11.6 Å². The largest absolute Gasteiger partial charge is 0.322 e. The molecule has 0 unspecified atom stereocenters. The second-order valence-electron chi connectivity index (χ2n) is 10.6. The number of benzene rings is 2. The van der Waals surface area contributed by atoms with Crippen LogP contribution in [0, 0.1) is 0 Å². The molecule has 198 valence electrons. The van der Waals surface area contributed by atoms with Gasteiger partial charge in [-0.15, -0.1) is 5.10 Å². The number of rotatable bonds is 7. The van der Waals surface area contributed by atoms with Gasteiger partial charge < -0.3 is 4.98 Å². The zero-order valence-corrected chi connectivity index (χ0v) is 22.6. The fraction of sp³-hybridized carbons (Fsp3) is 0.448. The van der Waals surface area contributed by atoms with Crippen molar-refractivity contribution >= 4 is 22.5 Å². The molecule has 2 aromatic carbocycles. The Morgan fingerprint density at radius 1 is 1.00 bits per heavy atom. The Bertz CT molecular complexity index is 1450. The van der Waals surface area contributed by atoms with Gasteiger partial charge >= 0.3 is 0 Å². The summed E-state index contributed by atoms with van der Waals surface area (Å²) < 4.78 is 2.00. The molecule has 4 aromatic rings. The van der Waals surface area contributed by atoms with Crippen LogP contribution < -0.4 is 5.56 Å². The second-order valence-corrected chi connectivity index (χ2v) is 11.0. The minimum atomic E-state index is -0.304. The lowest BCUT2D eigenvalue weighted by Crippen LogP contribution is -2.48. The van der Waals surface area contributed by atoms with Crippen molar-refractivity contribution in [1.29, 1.82) is 0 Å². The predicted octanol–water partition coefficient (Wildman–Crippen LogP) is 4.75. The Morgan fingerprint density at radius 2 is 1.74 bits per heavy atom. The zero-order valence-electron chi connectivity index (χ0n) is 21.8. The number of pyridine rings is 1. The molecule has 1 atom stereocenters. The van der Waals surface area contributed by atoms with E-state index in [1.165, 1.54) is 24.0 Å². The molecular weight excluding hydrogens is 498 g/mol. The molecule has 1 aliphatic carbocycles. The van der Waals surface area contributed by atoms with Gasteiger partial charge in [0.2, 0.25) is 0 Å². The molecular formula is C29H34ClN7O. The SMILES string of the molecule is CCc1ccc2[nH]c(=O)c([C@@H](c3nnnn3C3CCCC3)N3CCN(Cc4ccc(Cl)cc4)CC3)cc2c1. The van der Waals surface area contributed by atoms with Crippen LogP contribution in [-0.2, 0) is 13.0 Å². The molecule has 2 aliphatic rings. The summed E-state index contributed by atoms with van der Waals surface area (Å²) in [4.78, 5) is 21.5. The molecule has 6 rings (SSSR count). The maximum Gasteiger partial charge on any atom is 0.253 e. The third-order valence-electron chi connectivity index (χ3n) is 8.17. The van der Waals surface area contributed by atoms with Crippen LogP contribution in [0.1, 0.15) is 67.2 Å². The first-order chi connectivity index (χ1) is 18.6. The molecule has 0 spiro atoms. The minimum absolute atomic E-state index is 0.0729. The number of tetrazole rings is 1. The lowest BCUT2D eigenvalue weighted by atomic mass is 10.0. The predicted molar refractivity (Wildman–Crippen MR) is 149 cm³/mol. The quantitative estimate of drug-likeness (QED) is 0.370. The van der Waals surface area contributed by atoms with Crippen molar-refractivity contribution in [3.8, 4) is 0 Å². The molecule has 3 heterocycles. The molecule has 8 nitrogen and oxygen atoms in total. The summed E-state index contributed by atoms with van der Waals surface area (Å²) in [5, 5.41) is 14.9. The van der Waals surface area contributed by atoms with Crippen LogP contribution in [-0.4, -0.2) is 61.2 Å². The second kappa shape index (κ2) is 11.0. The minimum Gasteiger partial charge on any atom is -0.322 e. The monoisotopic (exact) mass is 531 g/mol. The summed E-state index contributed by atoms with van der Waals surface area (Å²) in [5.74, 6) is 0.777. The summed E-state index contributed by atoms with van der Waals surface area (Å²) in [7, 11) is 0. The number of hydrogen-bond acceptors (Lipinski definition) is 6. The number of aromatic nitrogens is 5.